The molecule has 1 saturated carbocycles. The second-order valence-corrected chi connectivity index (χ2v) is 9.80. The number of hydrogen-bond donors (Lipinski definition) is 1. The summed E-state index contributed by atoms with van der Waals surface area (Å²) in [6, 6.07) is 12.9. The minimum atomic E-state index is -0.358. The van der Waals surface area contributed by atoms with E-state index in [0.717, 1.165) is 41.4 Å². The lowest BCUT2D eigenvalue weighted by atomic mass is 9.98. The highest BCUT2D eigenvalue weighted by Crippen LogP contribution is 2.39. The Balaban J connectivity index is 1.62. The minimum absolute atomic E-state index is 0.0402. The van der Waals surface area contributed by atoms with Crippen molar-refractivity contribution in [3.63, 3.8) is 0 Å². The zero-order chi connectivity index (χ0) is 24.7. The zero-order valence-electron chi connectivity index (χ0n) is 19.9. The lowest BCUT2D eigenvalue weighted by molar-refractivity contribution is 0.0968. The molecule has 0 aliphatic heterocycles. The summed E-state index contributed by atoms with van der Waals surface area (Å²) in [7, 11) is 4.02. The second-order valence-electron chi connectivity index (χ2n) is 9.40. The summed E-state index contributed by atoms with van der Waals surface area (Å²) in [6.07, 6.45) is 5.27. The lowest BCUT2D eigenvalue weighted by Crippen LogP contribution is -2.11. The summed E-state index contributed by atoms with van der Waals surface area (Å²) in [6.45, 7) is 2.44. The highest BCUT2D eigenvalue weighted by atomic mass is 35.5. The van der Waals surface area contributed by atoms with Crippen molar-refractivity contribution in [3.8, 4) is 11.1 Å². The Labute approximate surface area is 209 Å². The molecular weight excluding hydrogens is 463 g/mol. The zero-order valence-corrected chi connectivity index (χ0v) is 20.7. The molecule has 0 bridgehead atoms. The highest BCUT2D eigenvalue weighted by molar-refractivity contribution is 6.31. The number of hydrogen-bond acceptors (Lipinski definition) is 5. The van der Waals surface area contributed by atoms with Crippen LogP contribution in [0, 0.1) is 18.7 Å². The van der Waals surface area contributed by atoms with Crippen molar-refractivity contribution in [1.82, 2.24) is 14.9 Å². The molecule has 0 unspecified atom stereocenters. The van der Waals surface area contributed by atoms with E-state index >= 15 is 0 Å². The van der Waals surface area contributed by atoms with Crippen molar-refractivity contribution in [2.24, 2.45) is 5.92 Å². The Morgan fingerprint density at radius 1 is 1.09 bits per heavy atom. The number of aromatic nitrogens is 2. The summed E-state index contributed by atoms with van der Waals surface area (Å²) in [5, 5.41) is 4.52. The van der Waals surface area contributed by atoms with E-state index in [4.69, 9.17) is 11.6 Å². The molecule has 1 fully saturated rings. The fraction of sp³-hybridized carbons (Fsp3) is 0.250. The third-order valence-corrected chi connectivity index (χ3v) is 6.67. The molecule has 4 aromatic rings. The maximum Gasteiger partial charge on any atom is 0.169 e. The van der Waals surface area contributed by atoms with Crippen molar-refractivity contribution < 1.29 is 9.18 Å². The van der Waals surface area contributed by atoms with Gasteiger partial charge in [0.1, 0.15) is 11.6 Å². The maximum atomic E-state index is 14.4. The first kappa shape index (κ1) is 23.4. The minimum Gasteiger partial charge on any atom is -0.339 e. The Morgan fingerprint density at radius 2 is 1.89 bits per heavy atom. The molecule has 178 valence electrons. The molecule has 0 amide bonds. The van der Waals surface area contributed by atoms with Crippen molar-refractivity contribution in [2.75, 3.05) is 19.4 Å². The van der Waals surface area contributed by atoms with Crippen molar-refractivity contribution in [1.29, 1.82) is 0 Å². The van der Waals surface area contributed by atoms with E-state index in [2.05, 4.69) is 20.2 Å². The van der Waals surface area contributed by atoms with Crippen LogP contribution in [0.1, 0.15) is 34.3 Å². The quantitative estimate of drug-likeness (QED) is 0.290. The summed E-state index contributed by atoms with van der Waals surface area (Å²) < 4.78 is 14.4. The van der Waals surface area contributed by atoms with E-state index in [9.17, 15) is 9.18 Å². The molecule has 0 spiro atoms. The average molecular weight is 489 g/mol. The number of pyridine rings is 2. The third-order valence-electron chi connectivity index (χ3n) is 6.27. The van der Waals surface area contributed by atoms with Gasteiger partial charge in [-0.15, -0.1) is 0 Å². The van der Waals surface area contributed by atoms with Gasteiger partial charge in [-0.05, 0) is 80.9 Å². The number of rotatable bonds is 7. The smallest absolute Gasteiger partial charge is 0.169 e. The summed E-state index contributed by atoms with van der Waals surface area (Å²) >= 11 is 6.26. The van der Waals surface area contributed by atoms with E-state index in [-0.39, 0.29) is 17.5 Å². The van der Waals surface area contributed by atoms with Gasteiger partial charge in [0, 0.05) is 40.8 Å². The molecule has 0 saturated heterocycles. The molecule has 2 aromatic heterocycles. The number of nitrogens with zero attached hydrogens (tertiary/aromatic N) is 3. The Morgan fingerprint density at radius 3 is 2.54 bits per heavy atom. The number of carbonyl (C=O) groups is 1. The molecule has 7 heteroatoms. The highest BCUT2D eigenvalue weighted by Gasteiger charge is 2.32. The number of Topliss-reactive ketones (excluding diaryl/α,β-unsaturated/α-hetero) is 1. The normalized spacial score (nSPS) is 13.4. The van der Waals surface area contributed by atoms with Gasteiger partial charge in [-0.25, -0.2) is 9.37 Å². The van der Waals surface area contributed by atoms with Gasteiger partial charge < -0.3 is 10.2 Å². The molecular formula is C28H26ClFN4O. The molecule has 0 radical (unpaired) electrons. The number of nitrogens with one attached hydrogen (secondary N) is 1. The molecule has 5 nitrogen and oxygen atoms in total. The van der Waals surface area contributed by atoms with E-state index < -0.39 is 0 Å². The average Bonchev–Trinajstić information content (AvgIpc) is 3.68. The van der Waals surface area contributed by atoms with Crippen LogP contribution in [0.25, 0.3) is 22.0 Å². The Bertz CT molecular complexity index is 1410. The number of anilines is 2. The molecule has 0 atom stereocenters. The fourth-order valence-electron chi connectivity index (χ4n) is 4.16. The van der Waals surface area contributed by atoms with Gasteiger partial charge in [-0.1, -0.05) is 23.7 Å². The van der Waals surface area contributed by atoms with Crippen LogP contribution in [0.4, 0.5) is 15.9 Å². The van der Waals surface area contributed by atoms with E-state index in [1.165, 1.54) is 6.07 Å². The molecule has 2 heterocycles. The van der Waals surface area contributed by atoms with Crippen molar-refractivity contribution in [2.45, 2.75) is 26.3 Å². The van der Waals surface area contributed by atoms with Crippen LogP contribution < -0.4 is 5.32 Å². The molecule has 5 rings (SSSR count). The SMILES string of the molecule is Cc1c(F)cc(-c2ccc3ncc(C(=O)C4CC4)c(Nc4ccc(CN(C)C)cn4)c3c2)cc1Cl. The van der Waals surface area contributed by atoms with Crippen LogP contribution >= 0.6 is 11.6 Å². The van der Waals surface area contributed by atoms with Crippen LogP contribution in [0.5, 0.6) is 0 Å². The maximum absolute atomic E-state index is 14.4. The van der Waals surface area contributed by atoms with Gasteiger partial charge >= 0.3 is 0 Å². The molecule has 1 aliphatic rings. The predicted octanol–water partition coefficient (Wildman–Crippen LogP) is 6.80. The van der Waals surface area contributed by atoms with Gasteiger partial charge in [-0.2, -0.15) is 0 Å². The third kappa shape index (κ3) is 4.90. The second kappa shape index (κ2) is 9.36. The molecule has 35 heavy (non-hydrogen) atoms. The summed E-state index contributed by atoms with van der Waals surface area (Å²) in [5.41, 5.74) is 4.90. The predicted molar refractivity (Wildman–Crippen MR) is 139 cm³/mol. The molecule has 1 aliphatic carbocycles. The van der Waals surface area contributed by atoms with E-state index in [0.29, 0.717) is 33.2 Å². The number of fused-ring (bicyclic) bond motifs is 1. The van der Waals surface area contributed by atoms with Gasteiger partial charge in [-0.3, -0.25) is 9.78 Å². The first-order valence-electron chi connectivity index (χ1n) is 11.6. The summed E-state index contributed by atoms with van der Waals surface area (Å²) in [4.78, 5) is 24.4. The van der Waals surface area contributed by atoms with E-state index in [1.54, 1.807) is 19.2 Å². The van der Waals surface area contributed by atoms with Crippen LogP contribution in [0.3, 0.4) is 0 Å². The van der Waals surface area contributed by atoms with Gasteiger partial charge in [0.15, 0.2) is 5.78 Å². The van der Waals surface area contributed by atoms with Crippen LogP contribution in [0.15, 0.2) is 54.9 Å². The summed E-state index contributed by atoms with van der Waals surface area (Å²) in [5.74, 6) is 0.405. The molecule has 2 aromatic carbocycles. The number of halogens is 2. The van der Waals surface area contributed by atoms with Crippen LogP contribution in [0.2, 0.25) is 5.02 Å². The van der Waals surface area contributed by atoms with Crippen LogP contribution in [-0.4, -0.2) is 34.7 Å². The monoisotopic (exact) mass is 488 g/mol. The van der Waals surface area contributed by atoms with Crippen molar-refractivity contribution >= 4 is 39.8 Å². The fourth-order valence-corrected chi connectivity index (χ4v) is 4.36. The first-order valence-corrected chi connectivity index (χ1v) is 12.0. The molecule has 1 N–H and O–H groups in total. The number of ketones is 1. The van der Waals surface area contributed by atoms with Gasteiger partial charge in [0.2, 0.25) is 0 Å². The van der Waals surface area contributed by atoms with Gasteiger partial charge in [0.25, 0.3) is 0 Å². The standard InChI is InChI=1S/C28H26ClFN4O/c1-16-23(29)11-20(12-24(16)30)19-7-8-25-21(10-19)27(22(14-31-25)28(35)18-5-6-18)33-26-9-4-17(13-32-26)15-34(2)3/h4,7-14,18H,5-6,15H2,1-3H3,(H,31,32,33). The lowest BCUT2D eigenvalue weighted by Gasteiger charge is -2.16. The Kier molecular flexibility index (Phi) is 6.26. The largest absolute Gasteiger partial charge is 0.339 e. The van der Waals surface area contributed by atoms with Gasteiger partial charge in [0.05, 0.1) is 16.8 Å². The number of carbonyl (C=O) groups excluding carboxylic acids is 1. The topological polar surface area (TPSA) is 58.1 Å². The number of benzene rings is 2. The Hall–Kier alpha value is -3.35. The van der Waals surface area contributed by atoms with E-state index in [1.807, 2.05) is 50.6 Å². The van der Waals surface area contributed by atoms with Crippen molar-refractivity contribution in [3.05, 3.63) is 82.4 Å². The first-order chi connectivity index (χ1) is 16.8. The van der Waals surface area contributed by atoms with Crippen LogP contribution in [-0.2, 0) is 6.54 Å².